The summed E-state index contributed by atoms with van der Waals surface area (Å²) in [7, 11) is 1.90. The number of nitrogens with zero attached hydrogens (tertiary/aromatic N) is 5. The van der Waals surface area contributed by atoms with Crippen molar-refractivity contribution in [3.63, 3.8) is 0 Å². The van der Waals surface area contributed by atoms with Gasteiger partial charge >= 0.3 is 0 Å². The van der Waals surface area contributed by atoms with Crippen molar-refractivity contribution in [1.82, 2.24) is 34.8 Å². The summed E-state index contributed by atoms with van der Waals surface area (Å²) < 4.78 is 15.8. The molecule has 1 aromatic carbocycles. The maximum atomic E-state index is 13.9. The molecule has 10 heteroatoms. The maximum Gasteiger partial charge on any atom is 0.274 e. The summed E-state index contributed by atoms with van der Waals surface area (Å²) in [5.41, 5.74) is 10.3. The summed E-state index contributed by atoms with van der Waals surface area (Å²) in [6.07, 6.45) is 4.95. The second-order valence-electron chi connectivity index (χ2n) is 7.41. The Morgan fingerprint density at radius 1 is 1.15 bits per heavy atom. The molecule has 0 aliphatic heterocycles. The summed E-state index contributed by atoms with van der Waals surface area (Å²) >= 11 is 0. The number of nitrogen functional groups attached to an aromatic ring is 1. The maximum absolute atomic E-state index is 13.9. The molecule has 0 atom stereocenters. The number of H-pyrrole nitrogens is 1. The molecule has 0 bridgehead atoms. The van der Waals surface area contributed by atoms with E-state index in [0.29, 0.717) is 17.1 Å². The van der Waals surface area contributed by atoms with Crippen LogP contribution in [0.25, 0.3) is 33.7 Å². The molecule has 0 spiro atoms. The van der Waals surface area contributed by atoms with Crippen LogP contribution in [-0.4, -0.2) is 35.4 Å². The molecule has 9 nitrogen and oxygen atoms in total. The minimum atomic E-state index is -0.578. The predicted molar refractivity (Wildman–Crippen MR) is 121 cm³/mol. The van der Waals surface area contributed by atoms with Crippen LogP contribution in [0.1, 0.15) is 16.2 Å². The Hall–Kier alpha value is -4.60. The standard InChI is InChI=1S/C23H19FN8O/c1-32-12-29-15-7-6-13(10-18(15)32)19-20(16-5-3-9-26-16)31-22(25)21(30-19)23(33)28-11-17-14(24)4-2-8-27-17/h2-10,12,26H,11H2,1H3,(H2,25,31)(H,28,33). The van der Waals surface area contributed by atoms with Crippen molar-refractivity contribution in [3.05, 3.63) is 78.4 Å². The average Bonchev–Trinajstić information content (AvgIpc) is 3.48. The van der Waals surface area contributed by atoms with Crippen LogP contribution in [0, 0.1) is 5.82 Å². The molecule has 164 valence electrons. The molecule has 0 aliphatic carbocycles. The number of fused-ring (bicyclic) bond motifs is 1. The van der Waals surface area contributed by atoms with Crippen LogP contribution in [0.2, 0.25) is 0 Å². The van der Waals surface area contributed by atoms with Crippen LogP contribution in [0.15, 0.2) is 61.2 Å². The summed E-state index contributed by atoms with van der Waals surface area (Å²) in [4.78, 5) is 33.4. The highest BCUT2D eigenvalue weighted by molar-refractivity contribution is 5.98. The second kappa shape index (κ2) is 8.15. The lowest BCUT2D eigenvalue weighted by Gasteiger charge is -2.13. The highest BCUT2D eigenvalue weighted by atomic mass is 19.1. The van der Waals surface area contributed by atoms with Crippen molar-refractivity contribution in [2.45, 2.75) is 6.54 Å². The number of amides is 1. The largest absolute Gasteiger partial charge is 0.382 e. The molecule has 4 N–H and O–H groups in total. The molecule has 0 aliphatic rings. The Kier molecular flexibility index (Phi) is 5.02. The number of aromatic nitrogens is 6. The number of aromatic amines is 1. The first kappa shape index (κ1) is 20.3. The summed E-state index contributed by atoms with van der Waals surface area (Å²) in [6.45, 7) is -0.110. The fourth-order valence-corrected chi connectivity index (χ4v) is 3.55. The van der Waals surface area contributed by atoms with Crippen molar-refractivity contribution in [1.29, 1.82) is 0 Å². The Morgan fingerprint density at radius 2 is 2.03 bits per heavy atom. The van der Waals surface area contributed by atoms with Gasteiger partial charge in [0.05, 0.1) is 41.0 Å². The molecule has 5 aromatic rings. The molecule has 0 radical (unpaired) electrons. The Morgan fingerprint density at radius 3 is 2.82 bits per heavy atom. The van der Waals surface area contributed by atoms with Crippen LogP contribution in [-0.2, 0) is 13.6 Å². The van der Waals surface area contributed by atoms with E-state index >= 15 is 0 Å². The lowest BCUT2D eigenvalue weighted by atomic mass is 10.1. The van der Waals surface area contributed by atoms with Crippen LogP contribution in [0.3, 0.4) is 0 Å². The monoisotopic (exact) mass is 442 g/mol. The third kappa shape index (κ3) is 3.78. The fourth-order valence-electron chi connectivity index (χ4n) is 3.55. The van der Waals surface area contributed by atoms with Gasteiger partial charge in [-0.2, -0.15) is 0 Å². The van der Waals surface area contributed by atoms with E-state index in [0.717, 1.165) is 16.6 Å². The van der Waals surface area contributed by atoms with Crippen molar-refractivity contribution in [2.24, 2.45) is 7.05 Å². The molecule has 0 fully saturated rings. The van der Waals surface area contributed by atoms with Crippen molar-refractivity contribution < 1.29 is 9.18 Å². The first-order valence-electron chi connectivity index (χ1n) is 10.1. The lowest BCUT2D eigenvalue weighted by Crippen LogP contribution is -2.26. The number of nitrogens with two attached hydrogens (primary N) is 1. The van der Waals surface area contributed by atoms with Crippen LogP contribution in [0.4, 0.5) is 10.2 Å². The van der Waals surface area contributed by atoms with Crippen LogP contribution in [0.5, 0.6) is 0 Å². The first-order valence-corrected chi connectivity index (χ1v) is 10.1. The van der Waals surface area contributed by atoms with Gasteiger partial charge in [-0.1, -0.05) is 6.07 Å². The van der Waals surface area contributed by atoms with E-state index in [1.54, 1.807) is 12.5 Å². The van der Waals surface area contributed by atoms with Crippen LogP contribution < -0.4 is 11.1 Å². The molecule has 0 saturated heterocycles. The number of halogens is 1. The summed E-state index contributed by atoms with van der Waals surface area (Å²) in [5, 5.41) is 2.62. The van der Waals surface area contributed by atoms with Crippen molar-refractivity contribution >= 4 is 22.8 Å². The Balaban J connectivity index is 1.57. The van der Waals surface area contributed by atoms with Gasteiger partial charge in [0, 0.05) is 25.0 Å². The van der Waals surface area contributed by atoms with E-state index in [4.69, 9.17) is 5.73 Å². The number of carbonyl (C=O) groups is 1. The number of nitrogens with one attached hydrogen (secondary N) is 2. The number of anilines is 1. The molecule has 1 amide bonds. The van der Waals surface area contributed by atoms with Crippen LogP contribution >= 0.6 is 0 Å². The highest BCUT2D eigenvalue weighted by Gasteiger charge is 2.21. The third-order valence-corrected chi connectivity index (χ3v) is 5.24. The van der Waals surface area contributed by atoms with Gasteiger partial charge in [-0.25, -0.2) is 19.3 Å². The molecular weight excluding hydrogens is 423 g/mol. The van der Waals surface area contributed by atoms with E-state index in [1.807, 2.05) is 41.9 Å². The van der Waals surface area contributed by atoms with Gasteiger partial charge in [-0.15, -0.1) is 0 Å². The van der Waals surface area contributed by atoms with Gasteiger partial charge in [0.25, 0.3) is 5.91 Å². The van der Waals surface area contributed by atoms with E-state index < -0.39 is 11.7 Å². The highest BCUT2D eigenvalue weighted by Crippen LogP contribution is 2.31. The number of imidazole rings is 1. The zero-order valence-corrected chi connectivity index (χ0v) is 17.6. The number of hydrogen-bond acceptors (Lipinski definition) is 6. The minimum Gasteiger partial charge on any atom is -0.382 e. The molecule has 4 aromatic heterocycles. The fraction of sp³-hybridized carbons (Fsp3) is 0.0870. The Bertz CT molecular complexity index is 1480. The van der Waals surface area contributed by atoms with Gasteiger partial charge in [-0.3, -0.25) is 9.78 Å². The smallest absolute Gasteiger partial charge is 0.274 e. The minimum absolute atomic E-state index is 0.0380. The zero-order chi connectivity index (χ0) is 22.9. The summed E-state index contributed by atoms with van der Waals surface area (Å²) in [6, 6.07) is 12.1. The average molecular weight is 442 g/mol. The molecule has 4 heterocycles. The SMILES string of the molecule is Cn1cnc2ccc(-c3nc(C(=O)NCc4ncccc4F)c(N)nc3-c3ccc[nH]3)cc21. The quantitative estimate of drug-likeness (QED) is 0.384. The van der Waals surface area contributed by atoms with Crippen molar-refractivity contribution in [2.75, 3.05) is 5.73 Å². The van der Waals surface area contributed by atoms with Gasteiger partial charge < -0.3 is 20.6 Å². The second-order valence-corrected chi connectivity index (χ2v) is 7.41. The molecule has 33 heavy (non-hydrogen) atoms. The van der Waals surface area contributed by atoms with Gasteiger partial charge in [0.2, 0.25) is 0 Å². The number of carbonyl (C=O) groups excluding carboxylic acids is 1. The van der Waals surface area contributed by atoms with Gasteiger partial charge in [0.15, 0.2) is 11.5 Å². The van der Waals surface area contributed by atoms with E-state index in [9.17, 15) is 9.18 Å². The number of aryl methyl sites for hydroxylation is 1. The number of pyridine rings is 1. The number of benzene rings is 1. The zero-order valence-electron chi connectivity index (χ0n) is 17.6. The topological polar surface area (TPSA) is 127 Å². The first-order chi connectivity index (χ1) is 16.0. The molecular formula is C23H19FN8O. The lowest BCUT2D eigenvalue weighted by molar-refractivity contribution is 0.0946. The van der Waals surface area contributed by atoms with E-state index in [1.165, 1.54) is 18.3 Å². The molecule has 0 unspecified atom stereocenters. The van der Waals surface area contributed by atoms with E-state index in [2.05, 4.69) is 30.2 Å². The Labute approximate surface area is 187 Å². The van der Waals surface area contributed by atoms with Crippen molar-refractivity contribution in [3.8, 4) is 22.6 Å². The van der Waals surface area contributed by atoms with Gasteiger partial charge in [0.1, 0.15) is 11.5 Å². The number of rotatable bonds is 5. The normalized spacial score (nSPS) is 11.1. The molecule has 5 rings (SSSR count). The molecule has 0 saturated carbocycles. The summed E-state index contributed by atoms with van der Waals surface area (Å²) in [5.74, 6) is -1.13. The van der Waals surface area contributed by atoms with E-state index in [-0.39, 0.29) is 23.8 Å². The third-order valence-electron chi connectivity index (χ3n) is 5.24. The predicted octanol–water partition coefficient (Wildman–Crippen LogP) is 3.07. The number of hydrogen-bond donors (Lipinski definition) is 3. The van der Waals surface area contributed by atoms with Gasteiger partial charge in [-0.05, 0) is 36.4 Å².